The first-order chi connectivity index (χ1) is 10.7. The third-order valence-electron chi connectivity index (χ3n) is 3.90. The van der Waals surface area contributed by atoms with Crippen molar-refractivity contribution in [3.63, 3.8) is 0 Å². The lowest BCUT2D eigenvalue weighted by Gasteiger charge is -2.11. The van der Waals surface area contributed by atoms with E-state index in [9.17, 15) is 0 Å². The van der Waals surface area contributed by atoms with E-state index in [4.69, 9.17) is 9.47 Å². The third-order valence-corrected chi connectivity index (χ3v) is 3.90. The van der Waals surface area contributed by atoms with Crippen LogP contribution in [-0.4, -0.2) is 16.8 Å². The van der Waals surface area contributed by atoms with Gasteiger partial charge in [-0.2, -0.15) is 0 Å². The Morgan fingerprint density at radius 2 is 1.91 bits per heavy atom. The first-order valence-electron chi connectivity index (χ1n) is 7.10. The Bertz CT molecular complexity index is 877. The van der Waals surface area contributed by atoms with Crippen LogP contribution in [0.3, 0.4) is 0 Å². The van der Waals surface area contributed by atoms with Gasteiger partial charge in [-0.25, -0.2) is 9.97 Å². The zero-order valence-electron chi connectivity index (χ0n) is 12.4. The van der Waals surface area contributed by atoms with Gasteiger partial charge in [0.05, 0.1) is 11.2 Å². The Labute approximate surface area is 127 Å². The van der Waals surface area contributed by atoms with Gasteiger partial charge in [-0.1, -0.05) is 6.07 Å². The topological polar surface area (TPSA) is 56.3 Å². The van der Waals surface area contributed by atoms with Crippen molar-refractivity contribution in [1.29, 1.82) is 0 Å². The van der Waals surface area contributed by atoms with Gasteiger partial charge in [-0.05, 0) is 49.2 Å². The Kier molecular flexibility index (Phi) is 2.85. The van der Waals surface area contributed by atoms with Gasteiger partial charge in [0.15, 0.2) is 11.5 Å². The van der Waals surface area contributed by atoms with E-state index in [1.807, 2.05) is 18.2 Å². The number of hydrogen-bond acceptors (Lipinski definition) is 5. The van der Waals surface area contributed by atoms with Crippen LogP contribution in [0.15, 0.2) is 36.7 Å². The van der Waals surface area contributed by atoms with Gasteiger partial charge in [0.2, 0.25) is 6.79 Å². The zero-order valence-corrected chi connectivity index (χ0v) is 12.4. The molecule has 0 fully saturated rings. The van der Waals surface area contributed by atoms with Crippen LogP contribution in [-0.2, 0) is 0 Å². The van der Waals surface area contributed by atoms with E-state index in [0.29, 0.717) is 0 Å². The molecule has 0 radical (unpaired) electrons. The zero-order chi connectivity index (χ0) is 15.1. The van der Waals surface area contributed by atoms with Gasteiger partial charge in [-0.15, -0.1) is 0 Å². The second-order valence-electron chi connectivity index (χ2n) is 5.34. The van der Waals surface area contributed by atoms with Crippen molar-refractivity contribution in [3.8, 4) is 11.5 Å². The van der Waals surface area contributed by atoms with Gasteiger partial charge in [0.1, 0.15) is 12.1 Å². The average Bonchev–Trinajstić information content (AvgIpc) is 2.99. The van der Waals surface area contributed by atoms with Crippen LogP contribution in [0.4, 0.5) is 11.5 Å². The van der Waals surface area contributed by atoms with E-state index in [-0.39, 0.29) is 6.79 Å². The maximum Gasteiger partial charge on any atom is 0.231 e. The molecule has 5 heteroatoms. The van der Waals surface area contributed by atoms with Crippen LogP contribution >= 0.6 is 0 Å². The second-order valence-corrected chi connectivity index (χ2v) is 5.34. The van der Waals surface area contributed by atoms with Gasteiger partial charge < -0.3 is 14.8 Å². The number of rotatable bonds is 2. The molecule has 1 aliphatic heterocycles. The number of nitrogens with zero attached hydrogens (tertiary/aromatic N) is 2. The SMILES string of the molecule is Cc1cc2ncnc(Nc3cccc4c3OCO4)c2cc1C. The number of hydrogen-bond donors (Lipinski definition) is 1. The molecule has 3 aromatic rings. The van der Waals surface area contributed by atoms with Crippen molar-refractivity contribution in [2.24, 2.45) is 0 Å². The maximum atomic E-state index is 5.53. The van der Waals surface area contributed by atoms with Gasteiger partial charge in [0.25, 0.3) is 0 Å². The second kappa shape index (κ2) is 4.87. The summed E-state index contributed by atoms with van der Waals surface area (Å²) in [7, 11) is 0. The number of aromatic nitrogens is 2. The summed E-state index contributed by atoms with van der Waals surface area (Å²) in [5, 5.41) is 4.33. The molecular weight excluding hydrogens is 278 g/mol. The Balaban J connectivity index is 1.82. The Hall–Kier alpha value is -2.82. The fraction of sp³-hybridized carbons (Fsp3) is 0.176. The molecule has 0 aliphatic carbocycles. The number of ether oxygens (including phenoxy) is 2. The highest BCUT2D eigenvalue weighted by Gasteiger charge is 2.18. The van der Waals surface area contributed by atoms with Gasteiger partial charge >= 0.3 is 0 Å². The van der Waals surface area contributed by atoms with Crippen LogP contribution in [0, 0.1) is 13.8 Å². The fourth-order valence-electron chi connectivity index (χ4n) is 2.57. The third kappa shape index (κ3) is 2.02. The van der Waals surface area contributed by atoms with E-state index >= 15 is 0 Å². The molecule has 4 rings (SSSR count). The Morgan fingerprint density at radius 1 is 1.05 bits per heavy atom. The first-order valence-corrected chi connectivity index (χ1v) is 7.10. The molecule has 1 N–H and O–H groups in total. The van der Waals surface area contributed by atoms with Crippen LogP contribution in [0.1, 0.15) is 11.1 Å². The van der Waals surface area contributed by atoms with Crippen molar-refractivity contribution in [2.45, 2.75) is 13.8 Å². The number of aryl methyl sites for hydroxylation is 2. The summed E-state index contributed by atoms with van der Waals surface area (Å²) in [6, 6.07) is 9.94. The number of anilines is 2. The minimum Gasteiger partial charge on any atom is -0.454 e. The number of para-hydroxylation sites is 1. The van der Waals surface area contributed by atoms with Crippen molar-refractivity contribution in [3.05, 3.63) is 47.8 Å². The summed E-state index contributed by atoms with van der Waals surface area (Å²) >= 11 is 0. The minimum atomic E-state index is 0.247. The molecule has 0 amide bonds. The molecular formula is C17H15N3O2. The summed E-state index contributed by atoms with van der Waals surface area (Å²) in [4.78, 5) is 8.73. The molecule has 2 aromatic carbocycles. The monoisotopic (exact) mass is 293 g/mol. The molecule has 0 saturated heterocycles. The lowest BCUT2D eigenvalue weighted by Crippen LogP contribution is -1.99. The molecule has 0 bridgehead atoms. The highest BCUT2D eigenvalue weighted by atomic mass is 16.7. The van der Waals surface area contributed by atoms with Crippen molar-refractivity contribution >= 4 is 22.4 Å². The number of benzene rings is 2. The highest BCUT2D eigenvalue weighted by molar-refractivity contribution is 5.92. The van der Waals surface area contributed by atoms with Crippen molar-refractivity contribution in [2.75, 3.05) is 12.1 Å². The molecule has 22 heavy (non-hydrogen) atoms. The molecule has 0 unspecified atom stereocenters. The summed E-state index contributed by atoms with van der Waals surface area (Å²) in [5.41, 5.74) is 4.19. The van der Waals surface area contributed by atoms with Gasteiger partial charge in [0, 0.05) is 5.39 Å². The molecule has 1 aromatic heterocycles. The Morgan fingerprint density at radius 3 is 2.82 bits per heavy atom. The molecule has 110 valence electrons. The van der Waals surface area contributed by atoms with E-state index in [1.165, 1.54) is 11.1 Å². The highest BCUT2D eigenvalue weighted by Crippen LogP contribution is 2.40. The smallest absolute Gasteiger partial charge is 0.231 e. The summed E-state index contributed by atoms with van der Waals surface area (Å²) in [5.74, 6) is 2.23. The summed E-state index contributed by atoms with van der Waals surface area (Å²) in [6.45, 7) is 4.42. The molecule has 1 aliphatic rings. The van der Waals surface area contributed by atoms with E-state index in [1.54, 1.807) is 6.33 Å². The normalized spacial score (nSPS) is 12.6. The quantitative estimate of drug-likeness (QED) is 0.780. The number of nitrogens with one attached hydrogen (secondary N) is 1. The van der Waals surface area contributed by atoms with E-state index < -0.39 is 0 Å². The number of fused-ring (bicyclic) bond motifs is 2. The fourth-order valence-corrected chi connectivity index (χ4v) is 2.57. The molecule has 0 spiro atoms. The summed E-state index contributed by atoms with van der Waals surface area (Å²) in [6.07, 6.45) is 1.57. The first kappa shape index (κ1) is 12.9. The summed E-state index contributed by atoms with van der Waals surface area (Å²) < 4.78 is 10.9. The lowest BCUT2D eigenvalue weighted by molar-refractivity contribution is 0.174. The maximum absolute atomic E-state index is 5.53. The molecule has 0 saturated carbocycles. The van der Waals surface area contributed by atoms with Gasteiger partial charge in [-0.3, -0.25) is 0 Å². The molecule has 5 nitrogen and oxygen atoms in total. The van der Waals surface area contributed by atoms with Crippen LogP contribution in [0.25, 0.3) is 10.9 Å². The molecule has 0 atom stereocenters. The van der Waals surface area contributed by atoms with Crippen LogP contribution in [0.5, 0.6) is 11.5 Å². The standard InChI is InChI=1S/C17H15N3O2/c1-10-6-12-14(7-11(10)2)18-8-19-17(12)20-13-4-3-5-15-16(13)22-9-21-15/h3-8H,9H2,1-2H3,(H,18,19,20). The van der Waals surface area contributed by atoms with E-state index in [2.05, 4.69) is 41.3 Å². The van der Waals surface area contributed by atoms with Crippen molar-refractivity contribution < 1.29 is 9.47 Å². The molecule has 2 heterocycles. The lowest BCUT2D eigenvalue weighted by atomic mass is 10.1. The largest absolute Gasteiger partial charge is 0.454 e. The van der Waals surface area contributed by atoms with E-state index in [0.717, 1.165) is 33.9 Å². The predicted molar refractivity (Wildman–Crippen MR) is 84.9 cm³/mol. The van der Waals surface area contributed by atoms with Crippen LogP contribution < -0.4 is 14.8 Å². The minimum absolute atomic E-state index is 0.247. The van der Waals surface area contributed by atoms with Crippen molar-refractivity contribution in [1.82, 2.24) is 9.97 Å². The average molecular weight is 293 g/mol. The predicted octanol–water partition coefficient (Wildman–Crippen LogP) is 3.72. The van der Waals surface area contributed by atoms with Crippen LogP contribution in [0.2, 0.25) is 0 Å².